The van der Waals surface area contributed by atoms with E-state index in [0.29, 0.717) is 18.6 Å². The molecule has 1 unspecified atom stereocenters. The summed E-state index contributed by atoms with van der Waals surface area (Å²) in [6, 6.07) is 4.30. The molecule has 0 bridgehead atoms. The Kier molecular flexibility index (Phi) is 2.82. The van der Waals surface area contributed by atoms with E-state index >= 15 is 0 Å². The van der Waals surface area contributed by atoms with Crippen molar-refractivity contribution in [2.75, 3.05) is 6.54 Å². The Morgan fingerprint density at radius 2 is 2.00 bits per heavy atom. The van der Waals surface area contributed by atoms with E-state index in [9.17, 15) is 4.79 Å². The van der Waals surface area contributed by atoms with Crippen molar-refractivity contribution in [1.82, 2.24) is 10.3 Å². The Morgan fingerprint density at radius 3 is 2.60 bits per heavy atom. The second kappa shape index (κ2) is 4.11. The van der Waals surface area contributed by atoms with E-state index in [1.54, 1.807) is 0 Å². The highest BCUT2D eigenvalue weighted by atomic mass is 16.1. The van der Waals surface area contributed by atoms with Crippen LogP contribution in [-0.4, -0.2) is 17.3 Å². The molecule has 3 nitrogen and oxygen atoms in total. The summed E-state index contributed by atoms with van der Waals surface area (Å²) in [7, 11) is 0. The van der Waals surface area contributed by atoms with Crippen LogP contribution in [0.3, 0.4) is 0 Å². The van der Waals surface area contributed by atoms with Crippen LogP contribution in [0.4, 0.5) is 0 Å². The Morgan fingerprint density at radius 1 is 1.33 bits per heavy atom. The van der Waals surface area contributed by atoms with Gasteiger partial charge in [-0.2, -0.15) is 0 Å². The predicted molar refractivity (Wildman–Crippen MR) is 58.7 cm³/mol. The molecule has 0 amide bonds. The molecule has 2 rings (SSSR count). The molecular formula is C12H16N2O. The third-order valence-corrected chi connectivity index (χ3v) is 2.73. The van der Waals surface area contributed by atoms with Crippen LogP contribution in [0.2, 0.25) is 0 Å². The Balaban J connectivity index is 2.24. The minimum absolute atomic E-state index is 0.187. The molecule has 0 spiro atoms. The van der Waals surface area contributed by atoms with Crippen molar-refractivity contribution in [1.29, 1.82) is 0 Å². The predicted octanol–water partition coefficient (Wildman–Crippen LogP) is 1.69. The molecule has 1 aromatic rings. The van der Waals surface area contributed by atoms with Gasteiger partial charge in [0.25, 0.3) is 0 Å². The average Bonchev–Trinajstić information content (AvgIpc) is 2.16. The van der Waals surface area contributed by atoms with Crippen LogP contribution in [0.1, 0.15) is 35.8 Å². The number of ketones is 1. The Bertz CT molecular complexity index is 367. The summed E-state index contributed by atoms with van der Waals surface area (Å²) in [5, 5.41) is 3.37. The summed E-state index contributed by atoms with van der Waals surface area (Å²) in [6.45, 7) is 4.77. The fourth-order valence-electron chi connectivity index (χ4n) is 2.09. The van der Waals surface area contributed by atoms with Gasteiger partial charge in [0.2, 0.25) is 0 Å². The molecule has 15 heavy (non-hydrogen) atoms. The first-order valence-corrected chi connectivity index (χ1v) is 5.35. The molecule has 1 saturated heterocycles. The summed E-state index contributed by atoms with van der Waals surface area (Å²) in [4.78, 5) is 15.7. The van der Waals surface area contributed by atoms with Gasteiger partial charge in [0.15, 0.2) is 0 Å². The minimum atomic E-state index is 0.187. The van der Waals surface area contributed by atoms with Crippen molar-refractivity contribution >= 4 is 5.78 Å². The molecule has 1 atom stereocenters. The van der Waals surface area contributed by atoms with Gasteiger partial charge in [-0.05, 0) is 31.5 Å². The van der Waals surface area contributed by atoms with Gasteiger partial charge in [0.05, 0.1) is 0 Å². The Hall–Kier alpha value is -1.22. The molecule has 0 saturated carbocycles. The third-order valence-electron chi connectivity index (χ3n) is 2.73. The number of Topliss-reactive ketones (excluding diaryl/α,β-unsaturated/α-hetero) is 1. The lowest BCUT2D eigenvalue weighted by atomic mass is 9.96. The van der Waals surface area contributed by atoms with Crippen LogP contribution >= 0.6 is 0 Å². The fourth-order valence-corrected chi connectivity index (χ4v) is 2.09. The number of pyridine rings is 1. The fraction of sp³-hybridized carbons (Fsp3) is 0.500. The van der Waals surface area contributed by atoms with E-state index in [-0.39, 0.29) is 6.04 Å². The largest absolute Gasteiger partial charge is 0.309 e. The zero-order valence-corrected chi connectivity index (χ0v) is 9.21. The topological polar surface area (TPSA) is 42.0 Å². The molecule has 80 valence electrons. The van der Waals surface area contributed by atoms with Gasteiger partial charge in [-0.15, -0.1) is 0 Å². The van der Waals surface area contributed by atoms with Gasteiger partial charge in [-0.25, -0.2) is 0 Å². The number of carbonyl (C=O) groups excluding carboxylic acids is 1. The van der Waals surface area contributed by atoms with Crippen molar-refractivity contribution in [2.45, 2.75) is 32.7 Å². The van der Waals surface area contributed by atoms with Crippen LogP contribution in [-0.2, 0) is 4.79 Å². The number of hydrogen-bond donors (Lipinski definition) is 1. The smallest absolute Gasteiger partial charge is 0.136 e. The summed E-state index contributed by atoms with van der Waals surface area (Å²) in [5.74, 6) is 0.353. The zero-order chi connectivity index (χ0) is 10.8. The first-order valence-electron chi connectivity index (χ1n) is 5.35. The lowest BCUT2D eigenvalue weighted by molar-refractivity contribution is -0.120. The van der Waals surface area contributed by atoms with Crippen molar-refractivity contribution in [2.24, 2.45) is 0 Å². The molecule has 1 N–H and O–H groups in total. The quantitative estimate of drug-likeness (QED) is 0.757. The monoisotopic (exact) mass is 204 g/mol. The maximum absolute atomic E-state index is 11.4. The number of rotatable bonds is 1. The van der Waals surface area contributed by atoms with Crippen molar-refractivity contribution in [3.8, 4) is 0 Å². The maximum Gasteiger partial charge on any atom is 0.136 e. The minimum Gasteiger partial charge on any atom is -0.309 e. The lowest BCUT2D eigenvalue weighted by Gasteiger charge is -2.23. The third kappa shape index (κ3) is 2.42. The van der Waals surface area contributed by atoms with Gasteiger partial charge in [-0.1, -0.05) is 0 Å². The second-order valence-electron chi connectivity index (χ2n) is 4.18. The molecule has 0 radical (unpaired) electrons. The van der Waals surface area contributed by atoms with Crippen LogP contribution in [0.5, 0.6) is 0 Å². The van der Waals surface area contributed by atoms with E-state index in [4.69, 9.17) is 0 Å². The molecule has 0 aliphatic carbocycles. The van der Waals surface area contributed by atoms with Gasteiger partial charge in [0, 0.05) is 36.8 Å². The van der Waals surface area contributed by atoms with Crippen LogP contribution < -0.4 is 5.32 Å². The van der Waals surface area contributed by atoms with Crippen LogP contribution in [0.25, 0.3) is 0 Å². The number of aryl methyl sites for hydroxylation is 2. The van der Waals surface area contributed by atoms with E-state index in [2.05, 4.69) is 22.4 Å². The lowest BCUT2D eigenvalue weighted by Crippen LogP contribution is -2.31. The number of aromatic nitrogens is 1. The standard InChI is InChI=1S/C12H16N2O/c1-8-5-10(6-9(2)14-8)12-7-11(15)3-4-13-12/h5-6,12-13H,3-4,7H2,1-2H3. The summed E-state index contributed by atoms with van der Waals surface area (Å²) in [5.41, 5.74) is 3.22. The van der Waals surface area contributed by atoms with Crippen molar-refractivity contribution < 1.29 is 4.79 Å². The van der Waals surface area contributed by atoms with Gasteiger partial charge in [-0.3, -0.25) is 9.78 Å². The number of hydrogen-bond acceptors (Lipinski definition) is 3. The normalized spacial score (nSPS) is 21.7. The molecule has 3 heteroatoms. The second-order valence-corrected chi connectivity index (χ2v) is 4.18. The highest BCUT2D eigenvalue weighted by molar-refractivity contribution is 5.80. The molecular weight excluding hydrogens is 188 g/mol. The number of nitrogens with zero attached hydrogens (tertiary/aromatic N) is 1. The van der Waals surface area contributed by atoms with Gasteiger partial charge < -0.3 is 5.32 Å². The molecule has 1 aliphatic rings. The maximum atomic E-state index is 11.4. The van der Waals surface area contributed by atoms with Crippen molar-refractivity contribution in [3.05, 3.63) is 29.1 Å². The van der Waals surface area contributed by atoms with Gasteiger partial charge >= 0.3 is 0 Å². The van der Waals surface area contributed by atoms with Gasteiger partial charge in [0.1, 0.15) is 5.78 Å². The summed E-state index contributed by atoms with van der Waals surface area (Å²) >= 11 is 0. The number of nitrogens with one attached hydrogen (secondary N) is 1. The van der Waals surface area contributed by atoms with E-state index in [1.165, 1.54) is 5.56 Å². The highest BCUT2D eigenvalue weighted by Gasteiger charge is 2.20. The summed E-state index contributed by atoms with van der Waals surface area (Å²) < 4.78 is 0. The molecule has 1 aliphatic heterocycles. The molecule has 0 aromatic carbocycles. The number of piperidine rings is 1. The van der Waals surface area contributed by atoms with Crippen LogP contribution in [0.15, 0.2) is 12.1 Å². The average molecular weight is 204 g/mol. The SMILES string of the molecule is Cc1cc(C2CC(=O)CCN2)cc(C)n1. The zero-order valence-electron chi connectivity index (χ0n) is 9.21. The van der Waals surface area contributed by atoms with Crippen LogP contribution in [0, 0.1) is 13.8 Å². The van der Waals surface area contributed by atoms with E-state index < -0.39 is 0 Å². The molecule has 2 heterocycles. The van der Waals surface area contributed by atoms with E-state index in [1.807, 2.05) is 13.8 Å². The Labute approximate surface area is 89.9 Å². The molecule has 1 aromatic heterocycles. The summed E-state index contributed by atoms with van der Waals surface area (Å²) in [6.07, 6.45) is 1.28. The highest BCUT2D eigenvalue weighted by Crippen LogP contribution is 2.21. The van der Waals surface area contributed by atoms with E-state index in [0.717, 1.165) is 17.9 Å². The molecule has 1 fully saturated rings. The number of carbonyl (C=O) groups is 1. The first-order chi connectivity index (χ1) is 7.15. The van der Waals surface area contributed by atoms with Crippen molar-refractivity contribution in [3.63, 3.8) is 0 Å². The first kappa shape index (κ1) is 10.3.